The molecule has 1 aromatic heterocycles. The Bertz CT molecular complexity index is 2500. The Labute approximate surface area is 259 Å². The first-order chi connectivity index (χ1) is 22.2. The normalized spacial score (nSPS) is 13.8. The Morgan fingerprint density at radius 2 is 1.40 bits per heavy atom. The fourth-order valence-corrected chi connectivity index (χ4v) is 6.57. The van der Waals surface area contributed by atoms with Crippen molar-refractivity contribution >= 4 is 44.1 Å². The van der Waals surface area contributed by atoms with E-state index in [-0.39, 0.29) is 0 Å². The summed E-state index contributed by atoms with van der Waals surface area (Å²) in [6.07, 6.45) is 0. The van der Waals surface area contributed by atoms with E-state index in [1.165, 1.54) is 16.2 Å². The summed E-state index contributed by atoms with van der Waals surface area (Å²) in [5.41, 5.74) is 6.97. The number of aromatic nitrogens is 1. The second-order valence-corrected chi connectivity index (χ2v) is 11.0. The molecule has 6 heteroatoms. The van der Waals surface area contributed by atoms with Gasteiger partial charge in [-0.25, -0.2) is 0 Å². The van der Waals surface area contributed by atoms with Gasteiger partial charge in [-0.3, -0.25) is 4.99 Å². The van der Waals surface area contributed by atoms with E-state index < -0.39 is 6.04 Å². The summed E-state index contributed by atoms with van der Waals surface area (Å²) < 4.78 is 2.21. The lowest BCUT2D eigenvalue weighted by atomic mass is 9.88. The minimum Gasteiger partial charge on any atom is -0.340 e. The maximum absolute atomic E-state index is 10.5. The molecule has 0 amide bonds. The lowest BCUT2D eigenvalue weighted by molar-refractivity contribution is 0.855. The van der Waals surface area contributed by atoms with Crippen LogP contribution >= 0.6 is 0 Å². The number of nitriles is 3. The molecule has 0 fully saturated rings. The summed E-state index contributed by atoms with van der Waals surface area (Å²) in [7, 11) is 0. The molecule has 1 aliphatic rings. The Morgan fingerprint density at radius 3 is 2.20 bits per heavy atom. The number of aliphatic imine (C=N–C) groups is 1. The van der Waals surface area contributed by atoms with Crippen molar-refractivity contribution in [2.24, 2.45) is 4.99 Å². The summed E-state index contributed by atoms with van der Waals surface area (Å²) in [5, 5.41) is 38.4. The molecule has 208 valence electrons. The van der Waals surface area contributed by atoms with E-state index in [9.17, 15) is 15.8 Å². The molecule has 1 unspecified atom stereocenters. The molecule has 1 aliphatic heterocycles. The van der Waals surface area contributed by atoms with Gasteiger partial charge >= 0.3 is 0 Å². The van der Waals surface area contributed by atoms with Crippen molar-refractivity contribution in [2.45, 2.75) is 6.04 Å². The molecule has 0 aliphatic carbocycles. The number of nitrogens with zero attached hydrogens (tertiary/aromatic N) is 5. The molecule has 0 saturated heterocycles. The van der Waals surface area contributed by atoms with Crippen LogP contribution in [0.25, 0.3) is 38.3 Å². The Balaban J connectivity index is 1.36. The van der Waals surface area contributed by atoms with Gasteiger partial charge in [-0.15, -0.1) is 0 Å². The van der Waals surface area contributed by atoms with Gasteiger partial charge in [-0.05, 0) is 52.7 Å². The first kappa shape index (κ1) is 26.0. The van der Waals surface area contributed by atoms with Gasteiger partial charge < -0.3 is 9.88 Å². The van der Waals surface area contributed by atoms with Crippen LogP contribution in [0.2, 0.25) is 0 Å². The average Bonchev–Trinajstić information content (AvgIpc) is 3.45. The summed E-state index contributed by atoms with van der Waals surface area (Å²) in [6.45, 7) is 0. The smallest absolute Gasteiger partial charge is 0.133 e. The second kappa shape index (κ2) is 10.2. The molecule has 0 spiro atoms. The molecule has 6 nitrogen and oxygen atoms in total. The van der Waals surface area contributed by atoms with Crippen LogP contribution < -0.4 is 5.32 Å². The Kier molecular flexibility index (Phi) is 5.92. The molecule has 7 aromatic rings. The van der Waals surface area contributed by atoms with Crippen LogP contribution in [0.15, 0.2) is 126 Å². The van der Waals surface area contributed by atoms with Crippen LogP contribution in [0.3, 0.4) is 0 Å². The standard InChI is InChI=1S/C39H22N6/c40-21-24-18-28(23-42)36-33(19-24)43-39(26-9-2-1-3-10-26)44-38(36)31-16-15-29(20-27(31)22-41)45-34-13-7-6-12-32(34)37-30-11-5-4-8-25(30)14-17-35(37)45/h1-20,38H,(H,43,44). The molecule has 1 N–H and O–H groups in total. The predicted molar refractivity (Wildman–Crippen MR) is 177 cm³/mol. The Hall–Kier alpha value is -6.68. The van der Waals surface area contributed by atoms with Gasteiger partial charge in [0.15, 0.2) is 0 Å². The van der Waals surface area contributed by atoms with Crippen molar-refractivity contribution in [3.63, 3.8) is 0 Å². The van der Waals surface area contributed by atoms with E-state index in [2.05, 4.69) is 82.7 Å². The van der Waals surface area contributed by atoms with Gasteiger partial charge in [0.05, 0.1) is 45.9 Å². The van der Waals surface area contributed by atoms with E-state index in [1.54, 1.807) is 12.1 Å². The zero-order chi connectivity index (χ0) is 30.5. The minimum atomic E-state index is -0.635. The summed E-state index contributed by atoms with van der Waals surface area (Å²) >= 11 is 0. The number of hydrogen-bond acceptors (Lipinski definition) is 5. The number of rotatable bonds is 3. The number of amidine groups is 1. The molecule has 1 atom stereocenters. The number of hydrogen-bond donors (Lipinski definition) is 1. The van der Waals surface area contributed by atoms with Crippen LogP contribution in [0.5, 0.6) is 0 Å². The first-order valence-corrected chi connectivity index (χ1v) is 14.5. The van der Waals surface area contributed by atoms with Gasteiger partial charge in [-0.1, -0.05) is 84.9 Å². The van der Waals surface area contributed by atoms with Crippen molar-refractivity contribution in [1.82, 2.24) is 4.57 Å². The minimum absolute atomic E-state index is 0.347. The summed E-state index contributed by atoms with van der Waals surface area (Å²) in [6, 6.07) is 46.1. The molecule has 0 radical (unpaired) electrons. The number of nitrogens with one attached hydrogen (secondary N) is 1. The maximum Gasteiger partial charge on any atom is 0.133 e. The largest absolute Gasteiger partial charge is 0.340 e. The Morgan fingerprint density at radius 1 is 0.644 bits per heavy atom. The van der Waals surface area contributed by atoms with Gasteiger partial charge in [0.2, 0.25) is 0 Å². The molecule has 0 saturated carbocycles. The maximum atomic E-state index is 10.5. The summed E-state index contributed by atoms with van der Waals surface area (Å²) in [5.74, 6) is 0.606. The van der Waals surface area contributed by atoms with Gasteiger partial charge in [-0.2, -0.15) is 15.8 Å². The fraction of sp³-hybridized carbons (Fsp3) is 0.0256. The van der Waals surface area contributed by atoms with Crippen LogP contribution in [-0.2, 0) is 0 Å². The third-order valence-corrected chi connectivity index (χ3v) is 8.53. The quantitative estimate of drug-likeness (QED) is 0.229. The van der Waals surface area contributed by atoms with Crippen molar-refractivity contribution < 1.29 is 0 Å². The average molecular weight is 575 g/mol. The van der Waals surface area contributed by atoms with Gasteiger partial charge in [0, 0.05) is 33.3 Å². The molecule has 6 aromatic carbocycles. The van der Waals surface area contributed by atoms with Crippen molar-refractivity contribution in [2.75, 3.05) is 5.32 Å². The monoisotopic (exact) mass is 574 g/mol. The van der Waals surface area contributed by atoms with Gasteiger partial charge in [0.1, 0.15) is 11.9 Å². The molecular weight excluding hydrogens is 552 g/mol. The number of benzene rings is 6. The lowest BCUT2D eigenvalue weighted by Crippen LogP contribution is -2.23. The van der Waals surface area contributed by atoms with E-state index in [1.807, 2.05) is 54.6 Å². The van der Waals surface area contributed by atoms with Crippen molar-refractivity contribution in [1.29, 1.82) is 15.8 Å². The van der Waals surface area contributed by atoms with E-state index in [4.69, 9.17) is 4.99 Å². The van der Waals surface area contributed by atoms with Crippen molar-refractivity contribution in [3.05, 3.63) is 155 Å². The van der Waals surface area contributed by atoms with Crippen LogP contribution in [0, 0.1) is 34.0 Å². The fourth-order valence-electron chi connectivity index (χ4n) is 6.57. The highest BCUT2D eigenvalue weighted by molar-refractivity contribution is 6.21. The lowest BCUT2D eigenvalue weighted by Gasteiger charge is -2.27. The zero-order valence-corrected chi connectivity index (χ0v) is 23.9. The van der Waals surface area contributed by atoms with E-state index in [0.29, 0.717) is 39.3 Å². The number of para-hydroxylation sites is 1. The van der Waals surface area contributed by atoms with Crippen LogP contribution in [-0.4, -0.2) is 10.4 Å². The highest BCUT2D eigenvalue weighted by Crippen LogP contribution is 2.42. The topological polar surface area (TPSA) is 101 Å². The van der Waals surface area contributed by atoms with Crippen LogP contribution in [0.4, 0.5) is 5.69 Å². The molecule has 2 heterocycles. The van der Waals surface area contributed by atoms with E-state index in [0.717, 1.165) is 27.7 Å². The van der Waals surface area contributed by atoms with E-state index >= 15 is 0 Å². The third-order valence-electron chi connectivity index (χ3n) is 8.53. The van der Waals surface area contributed by atoms with Crippen molar-refractivity contribution in [3.8, 4) is 23.9 Å². The zero-order valence-electron chi connectivity index (χ0n) is 23.9. The summed E-state index contributed by atoms with van der Waals surface area (Å²) in [4.78, 5) is 5.08. The SMILES string of the molecule is N#Cc1cc(C#N)c2c(c1)NC(c1ccccc1)=NC2c1ccc(-n2c3ccccc3c3c4ccccc4ccc32)cc1C#N. The first-order valence-electron chi connectivity index (χ1n) is 14.5. The second-order valence-electron chi connectivity index (χ2n) is 11.0. The predicted octanol–water partition coefficient (Wildman–Crippen LogP) is 8.51. The number of fused-ring (bicyclic) bond motifs is 6. The third kappa shape index (κ3) is 4.04. The highest BCUT2D eigenvalue weighted by atomic mass is 15.1. The number of anilines is 1. The molecular formula is C39H22N6. The molecule has 0 bridgehead atoms. The molecule has 8 rings (SSSR count). The highest BCUT2D eigenvalue weighted by Gasteiger charge is 2.29. The molecule has 45 heavy (non-hydrogen) atoms. The van der Waals surface area contributed by atoms with Crippen LogP contribution in [0.1, 0.15) is 39.4 Å². The van der Waals surface area contributed by atoms with Gasteiger partial charge in [0.25, 0.3) is 0 Å².